The summed E-state index contributed by atoms with van der Waals surface area (Å²) in [4.78, 5) is 29.9. The Hall–Kier alpha value is -3.21. The summed E-state index contributed by atoms with van der Waals surface area (Å²) in [6.07, 6.45) is 0. The molecule has 9 nitrogen and oxygen atoms in total. The van der Waals surface area contributed by atoms with E-state index in [-0.39, 0.29) is 23.5 Å². The first kappa shape index (κ1) is 22.0. The summed E-state index contributed by atoms with van der Waals surface area (Å²) in [5.74, 6) is -0.503. The van der Waals surface area contributed by atoms with Crippen molar-refractivity contribution in [3.8, 4) is 0 Å². The molecule has 1 aromatic heterocycles. The van der Waals surface area contributed by atoms with Gasteiger partial charge < -0.3 is 19.9 Å². The van der Waals surface area contributed by atoms with Gasteiger partial charge in [0, 0.05) is 44.2 Å². The summed E-state index contributed by atoms with van der Waals surface area (Å²) in [6, 6.07) is 12.8. The summed E-state index contributed by atoms with van der Waals surface area (Å²) in [5.41, 5.74) is 1.40. The Morgan fingerprint density at radius 2 is 1.81 bits per heavy atom. The van der Waals surface area contributed by atoms with Crippen molar-refractivity contribution in [2.45, 2.75) is 4.90 Å². The van der Waals surface area contributed by atoms with E-state index < -0.39 is 21.5 Å². The molecule has 2 heterocycles. The van der Waals surface area contributed by atoms with Crippen LogP contribution in [0.5, 0.6) is 0 Å². The molecule has 0 saturated carbocycles. The quantitative estimate of drug-likeness (QED) is 0.606. The van der Waals surface area contributed by atoms with E-state index in [9.17, 15) is 18.0 Å². The van der Waals surface area contributed by atoms with Crippen molar-refractivity contribution in [2.75, 3.05) is 50.6 Å². The van der Waals surface area contributed by atoms with E-state index in [0.29, 0.717) is 29.8 Å². The van der Waals surface area contributed by atoms with Crippen LogP contribution in [0.4, 0.5) is 11.4 Å². The molecule has 3 aromatic rings. The van der Waals surface area contributed by atoms with E-state index in [0.717, 1.165) is 5.69 Å². The third-order valence-corrected chi connectivity index (χ3v) is 7.20. The number of morpholine rings is 1. The molecule has 0 unspecified atom stereocenters. The molecule has 2 aromatic carbocycles. The van der Waals surface area contributed by atoms with Crippen molar-refractivity contribution in [1.29, 1.82) is 0 Å². The zero-order valence-corrected chi connectivity index (χ0v) is 18.6. The number of aromatic nitrogens is 1. The number of pyridine rings is 1. The minimum absolute atomic E-state index is 0.0571. The Bertz CT molecular complexity index is 1330. The molecule has 1 aliphatic heterocycles. The highest BCUT2D eigenvalue weighted by Gasteiger charge is 2.27. The zero-order chi connectivity index (χ0) is 22.9. The molecule has 1 aliphatic rings. The summed E-state index contributed by atoms with van der Waals surface area (Å²) in [5, 5.41) is 3.19. The van der Waals surface area contributed by atoms with E-state index in [1.54, 1.807) is 12.1 Å². The van der Waals surface area contributed by atoms with Crippen LogP contribution >= 0.6 is 0 Å². The number of H-pyrrole nitrogens is 1. The second-order valence-corrected chi connectivity index (χ2v) is 9.57. The Morgan fingerprint density at radius 3 is 2.53 bits per heavy atom. The molecule has 0 aliphatic carbocycles. The third kappa shape index (κ3) is 4.24. The molecule has 1 amide bonds. The van der Waals surface area contributed by atoms with Crippen LogP contribution in [0.1, 0.15) is 10.4 Å². The molecular formula is C22H24N4O5S. The molecule has 4 rings (SSSR count). The van der Waals surface area contributed by atoms with Gasteiger partial charge in [-0.15, -0.1) is 0 Å². The number of ether oxygens (including phenoxy) is 1. The van der Waals surface area contributed by atoms with Gasteiger partial charge in [-0.05, 0) is 30.3 Å². The Labute approximate surface area is 185 Å². The monoisotopic (exact) mass is 456 g/mol. The van der Waals surface area contributed by atoms with Gasteiger partial charge in [-0.25, -0.2) is 8.42 Å². The summed E-state index contributed by atoms with van der Waals surface area (Å²) < 4.78 is 32.8. The summed E-state index contributed by atoms with van der Waals surface area (Å²) in [6.45, 7) is 1.19. The lowest BCUT2D eigenvalue weighted by Crippen LogP contribution is -2.40. The number of carbonyl (C=O) groups excluding carboxylic acids is 1. The largest absolute Gasteiger partial charge is 0.379 e. The maximum absolute atomic E-state index is 13.2. The SMILES string of the molecule is CN(C)c1ccccc1NC(=O)c1cc(=O)[nH]c2ccc(S(=O)(=O)N3CCOCC3)cc12. The number of hydrogen-bond donors (Lipinski definition) is 2. The number of amides is 1. The second kappa shape index (κ2) is 8.73. The van der Waals surface area contributed by atoms with Gasteiger partial charge in [0.05, 0.1) is 35.0 Å². The van der Waals surface area contributed by atoms with Gasteiger partial charge in [-0.1, -0.05) is 12.1 Å². The highest BCUT2D eigenvalue weighted by molar-refractivity contribution is 7.89. The van der Waals surface area contributed by atoms with Crippen LogP contribution in [-0.2, 0) is 14.8 Å². The van der Waals surface area contributed by atoms with Crippen molar-refractivity contribution in [1.82, 2.24) is 9.29 Å². The molecule has 1 saturated heterocycles. The Balaban J connectivity index is 1.77. The number of hydrogen-bond acceptors (Lipinski definition) is 6. The van der Waals surface area contributed by atoms with E-state index in [2.05, 4.69) is 10.3 Å². The van der Waals surface area contributed by atoms with E-state index in [1.165, 1.54) is 28.6 Å². The van der Waals surface area contributed by atoms with Crippen LogP contribution in [0.15, 0.2) is 58.2 Å². The number of nitrogens with zero attached hydrogens (tertiary/aromatic N) is 2. The molecule has 1 fully saturated rings. The number of aromatic amines is 1. The summed E-state index contributed by atoms with van der Waals surface area (Å²) in [7, 11) is -0.0449. The smallest absolute Gasteiger partial charge is 0.256 e. The van der Waals surface area contributed by atoms with Gasteiger partial charge in [-0.2, -0.15) is 4.31 Å². The van der Waals surface area contributed by atoms with Gasteiger partial charge in [0.15, 0.2) is 0 Å². The first-order valence-corrected chi connectivity index (χ1v) is 11.5. The van der Waals surface area contributed by atoms with Gasteiger partial charge in [-0.3, -0.25) is 9.59 Å². The standard InChI is InChI=1S/C22H24N4O5S/c1-25(2)20-6-4-3-5-19(20)24-22(28)17-14-21(27)23-18-8-7-15(13-16(17)18)32(29,30)26-9-11-31-12-10-26/h3-8,13-14H,9-12H2,1-2H3,(H,23,27)(H,24,28). The topological polar surface area (TPSA) is 112 Å². The molecule has 0 bridgehead atoms. The minimum Gasteiger partial charge on any atom is -0.379 e. The number of anilines is 2. The molecule has 10 heteroatoms. The third-order valence-electron chi connectivity index (χ3n) is 5.30. The molecule has 2 N–H and O–H groups in total. The predicted molar refractivity (Wildman–Crippen MR) is 123 cm³/mol. The second-order valence-electron chi connectivity index (χ2n) is 7.64. The van der Waals surface area contributed by atoms with E-state index >= 15 is 0 Å². The molecule has 0 spiro atoms. The number of nitrogens with one attached hydrogen (secondary N) is 2. The molecule has 0 radical (unpaired) electrons. The summed E-state index contributed by atoms with van der Waals surface area (Å²) >= 11 is 0. The fourth-order valence-corrected chi connectivity index (χ4v) is 5.11. The van der Waals surface area contributed by atoms with Crippen molar-refractivity contribution in [3.63, 3.8) is 0 Å². The average Bonchev–Trinajstić information content (AvgIpc) is 2.79. The number of carbonyl (C=O) groups is 1. The van der Waals surface area contributed by atoms with Crippen LogP contribution in [0.25, 0.3) is 10.9 Å². The number of para-hydroxylation sites is 2. The Morgan fingerprint density at radius 1 is 1.09 bits per heavy atom. The molecular weight excluding hydrogens is 432 g/mol. The highest BCUT2D eigenvalue weighted by atomic mass is 32.2. The van der Waals surface area contributed by atoms with E-state index in [1.807, 2.05) is 31.1 Å². The predicted octanol–water partition coefficient (Wildman–Crippen LogP) is 1.87. The normalized spacial score (nSPS) is 14.9. The minimum atomic E-state index is -3.76. The first-order chi connectivity index (χ1) is 15.3. The number of rotatable bonds is 5. The van der Waals surface area contributed by atoms with Crippen LogP contribution in [0.3, 0.4) is 0 Å². The number of benzene rings is 2. The zero-order valence-electron chi connectivity index (χ0n) is 17.8. The van der Waals surface area contributed by atoms with Crippen LogP contribution in [0.2, 0.25) is 0 Å². The van der Waals surface area contributed by atoms with Crippen molar-refractivity contribution in [3.05, 3.63) is 64.4 Å². The van der Waals surface area contributed by atoms with Crippen molar-refractivity contribution < 1.29 is 17.9 Å². The molecule has 32 heavy (non-hydrogen) atoms. The maximum Gasteiger partial charge on any atom is 0.256 e. The number of sulfonamides is 1. The fourth-order valence-electron chi connectivity index (χ4n) is 3.68. The van der Waals surface area contributed by atoms with Gasteiger partial charge in [0.1, 0.15) is 0 Å². The lowest BCUT2D eigenvalue weighted by atomic mass is 10.1. The van der Waals surface area contributed by atoms with Crippen molar-refractivity contribution in [2.24, 2.45) is 0 Å². The maximum atomic E-state index is 13.2. The lowest BCUT2D eigenvalue weighted by Gasteiger charge is -2.26. The van der Waals surface area contributed by atoms with Gasteiger partial charge >= 0.3 is 0 Å². The van der Waals surface area contributed by atoms with Crippen LogP contribution < -0.4 is 15.8 Å². The van der Waals surface area contributed by atoms with Gasteiger partial charge in [0.25, 0.3) is 5.91 Å². The van der Waals surface area contributed by atoms with Gasteiger partial charge in [0.2, 0.25) is 15.6 Å². The lowest BCUT2D eigenvalue weighted by molar-refractivity contribution is 0.0730. The molecule has 168 valence electrons. The Kier molecular flexibility index (Phi) is 6.00. The van der Waals surface area contributed by atoms with Crippen molar-refractivity contribution >= 4 is 38.2 Å². The first-order valence-electron chi connectivity index (χ1n) is 10.1. The fraction of sp³-hybridized carbons (Fsp3) is 0.273. The van der Waals surface area contributed by atoms with E-state index in [4.69, 9.17) is 4.74 Å². The van der Waals surface area contributed by atoms with Crippen LogP contribution in [0, 0.1) is 0 Å². The van der Waals surface area contributed by atoms with Crippen LogP contribution in [-0.4, -0.2) is 64.0 Å². The highest BCUT2D eigenvalue weighted by Crippen LogP contribution is 2.27. The molecule has 0 atom stereocenters. The average molecular weight is 457 g/mol. The number of fused-ring (bicyclic) bond motifs is 1.